The minimum Gasteiger partial charge on any atom is -0.243 e. The highest BCUT2D eigenvalue weighted by molar-refractivity contribution is 7.83. The van der Waals surface area contributed by atoms with Gasteiger partial charge in [0.05, 0.1) is 11.0 Å². The van der Waals surface area contributed by atoms with Gasteiger partial charge in [-0.15, -0.1) is 0 Å². The number of nitrogens with one attached hydrogen (secondary N) is 1. The highest BCUT2D eigenvalue weighted by atomic mass is 32.2. The largest absolute Gasteiger partial charge is 0.258 e. The molecule has 19 heavy (non-hydrogen) atoms. The first kappa shape index (κ1) is 16.1. The maximum Gasteiger partial charge on any atom is 0.258 e. The van der Waals surface area contributed by atoms with E-state index in [0.29, 0.717) is 6.07 Å². The SMILES string of the molecule is CC(C)C[S@@](=O)N[C@H](c1cc(F)ccc1F)C(F)F. The molecule has 0 saturated carbocycles. The van der Waals surface area contributed by atoms with Crippen LogP contribution in [0, 0.1) is 17.6 Å². The van der Waals surface area contributed by atoms with Crippen LogP contribution >= 0.6 is 0 Å². The van der Waals surface area contributed by atoms with E-state index in [1.807, 2.05) is 0 Å². The van der Waals surface area contributed by atoms with Gasteiger partial charge in [0.1, 0.15) is 17.7 Å². The van der Waals surface area contributed by atoms with Gasteiger partial charge in [0, 0.05) is 11.3 Å². The lowest BCUT2D eigenvalue weighted by Gasteiger charge is -2.19. The normalized spacial score (nSPS) is 14.9. The van der Waals surface area contributed by atoms with E-state index in [2.05, 4.69) is 4.72 Å². The molecule has 0 unspecified atom stereocenters. The molecule has 0 aliphatic carbocycles. The van der Waals surface area contributed by atoms with Crippen LogP contribution in [0.5, 0.6) is 0 Å². The standard InChI is InChI=1S/C12H15F4NOS/c1-7(2)6-19(18)17-11(12(15)16)9-5-8(13)3-4-10(9)14/h3-5,7,11-12,17H,6H2,1-2H3/t11-,19-/m1/s1. The predicted molar refractivity (Wildman–Crippen MR) is 66.1 cm³/mol. The number of hydrogen-bond donors (Lipinski definition) is 1. The fourth-order valence-corrected chi connectivity index (χ4v) is 2.71. The molecule has 0 aromatic heterocycles. The van der Waals surface area contributed by atoms with Gasteiger partial charge in [0.25, 0.3) is 6.43 Å². The van der Waals surface area contributed by atoms with Crippen molar-refractivity contribution in [2.24, 2.45) is 5.92 Å². The lowest BCUT2D eigenvalue weighted by molar-refractivity contribution is 0.108. The Balaban J connectivity index is 2.94. The molecular formula is C12H15F4NOS. The van der Waals surface area contributed by atoms with Gasteiger partial charge in [-0.25, -0.2) is 26.5 Å². The van der Waals surface area contributed by atoms with Crippen LogP contribution in [-0.4, -0.2) is 16.4 Å². The highest BCUT2D eigenvalue weighted by Crippen LogP contribution is 2.24. The van der Waals surface area contributed by atoms with Gasteiger partial charge in [-0.05, 0) is 24.1 Å². The number of rotatable bonds is 6. The Kier molecular flexibility index (Phi) is 5.93. The highest BCUT2D eigenvalue weighted by Gasteiger charge is 2.27. The van der Waals surface area contributed by atoms with Crippen molar-refractivity contribution in [1.29, 1.82) is 0 Å². The first-order valence-electron chi connectivity index (χ1n) is 5.69. The molecule has 0 heterocycles. The Hall–Kier alpha value is -0.950. The summed E-state index contributed by atoms with van der Waals surface area (Å²) in [6.07, 6.45) is -2.99. The first-order valence-corrected chi connectivity index (χ1v) is 7.00. The van der Waals surface area contributed by atoms with Crippen molar-refractivity contribution in [3.05, 3.63) is 35.4 Å². The van der Waals surface area contributed by atoms with Gasteiger partial charge >= 0.3 is 0 Å². The van der Waals surface area contributed by atoms with Gasteiger partial charge in [-0.3, -0.25) is 0 Å². The minimum atomic E-state index is -2.99. The zero-order valence-electron chi connectivity index (χ0n) is 10.5. The van der Waals surface area contributed by atoms with Crippen LogP contribution < -0.4 is 4.72 Å². The average Bonchev–Trinajstić information content (AvgIpc) is 2.28. The topological polar surface area (TPSA) is 29.1 Å². The molecule has 0 fully saturated rings. The van der Waals surface area contributed by atoms with Crippen LogP contribution in [0.4, 0.5) is 17.6 Å². The molecule has 1 aromatic rings. The summed E-state index contributed by atoms with van der Waals surface area (Å²) in [5, 5.41) is 0. The summed E-state index contributed by atoms with van der Waals surface area (Å²) in [6, 6.07) is 0.501. The van der Waals surface area contributed by atoms with Crippen LogP contribution in [0.15, 0.2) is 18.2 Å². The summed E-state index contributed by atoms with van der Waals surface area (Å²) in [5.41, 5.74) is -0.521. The third kappa shape index (κ3) is 4.91. The third-order valence-corrected chi connectivity index (χ3v) is 3.77. The number of hydrogen-bond acceptors (Lipinski definition) is 1. The van der Waals surface area contributed by atoms with Crippen LogP contribution in [0.1, 0.15) is 25.5 Å². The second-order valence-electron chi connectivity index (χ2n) is 4.50. The first-order chi connectivity index (χ1) is 8.81. The van der Waals surface area contributed by atoms with E-state index in [-0.39, 0.29) is 11.7 Å². The van der Waals surface area contributed by atoms with E-state index < -0.39 is 40.7 Å². The van der Waals surface area contributed by atoms with Crippen LogP contribution in [-0.2, 0) is 11.0 Å². The van der Waals surface area contributed by atoms with Crippen molar-refractivity contribution in [3.8, 4) is 0 Å². The number of alkyl halides is 2. The van der Waals surface area contributed by atoms with Crippen molar-refractivity contribution >= 4 is 11.0 Å². The van der Waals surface area contributed by atoms with E-state index >= 15 is 0 Å². The van der Waals surface area contributed by atoms with Crippen LogP contribution in [0.25, 0.3) is 0 Å². The smallest absolute Gasteiger partial charge is 0.243 e. The van der Waals surface area contributed by atoms with Crippen molar-refractivity contribution in [2.75, 3.05) is 5.75 Å². The summed E-state index contributed by atoms with van der Waals surface area (Å²) in [7, 11) is -1.74. The molecule has 108 valence electrons. The summed E-state index contributed by atoms with van der Waals surface area (Å²) in [4.78, 5) is 0. The van der Waals surface area contributed by atoms with E-state index in [1.54, 1.807) is 13.8 Å². The van der Waals surface area contributed by atoms with Gasteiger partial charge in [-0.2, -0.15) is 0 Å². The predicted octanol–water partition coefficient (Wildman–Crippen LogP) is 3.18. The van der Waals surface area contributed by atoms with Crippen molar-refractivity contribution < 1.29 is 21.8 Å². The lowest BCUT2D eigenvalue weighted by Crippen LogP contribution is -2.32. The molecule has 0 bridgehead atoms. The second-order valence-corrected chi connectivity index (χ2v) is 5.76. The Morgan fingerprint density at radius 1 is 1.26 bits per heavy atom. The molecule has 1 aromatic carbocycles. The quantitative estimate of drug-likeness (QED) is 0.803. The van der Waals surface area contributed by atoms with Crippen LogP contribution in [0.2, 0.25) is 0 Å². The van der Waals surface area contributed by atoms with Gasteiger partial charge in [0.2, 0.25) is 0 Å². The Labute approximate surface area is 111 Å². The average molecular weight is 297 g/mol. The molecule has 0 aliphatic heterocycles. The zero-order valence-corrected chi connectivity index (χ0v) is 11.3. The second kappa shape index (κ2) is 7.00. The molecular weight excluding hydrogens is 282 g/mol. The maximum atomic E-state index is 13.5. The summed E-state index contributed by atoms with van der Waals surface area (Å²) in [6.45, 7) is 3.56. The summed E-state index contributed by atoms with van der Waals surface area (Å²) in [5.74, 6) is -1.59. The molecule has 1 rings (SSSR count). The number of halogens is 4. The Morgan fingerprint density at radius 3 is 2.42 bits per heavy atom. The Morgan fingerprint density at radius 2 is 1.89 bits per heavy atom. The van der Waals surface area contributed by atoms with E-state index in [1.165, 1.54) is 0 Å². The lowest BCUT2D eigenvalue weighted by atomic mass is 10.1. The molecule has 7 heteroatoms. The van der Waals surface area contributed by atoms with Crippen LogP contribution in [0.3, 0.4) is 0 Å². The van der Waals surface area contributed by atoms with E-state index in [0.717, 1.165) is 12.1 Å². The molecule has 0 aliphatic rings. The molecule has 0 spiro atoms. The third-order valence-electron chi connectivity index (χ3n) is 2.29. The van der Waals surface area contributed by atoms with Crippen molar-refractivity contribution in [3.63, 3.8) is 0 Å². The molecule has 0 amide bonds. The minimum absolute atomic E-state index is 0.0315. The summed E-state index contributed by atoms with van der Waals surface area (Å²) >= 11 is 0. The fourth-order valence-electron chi connectivity index (χ4n) is 1.50. The fraction of sp³-hybridized carbons (Fsp3) is 0.500. The molecule has 2 atom stereocenters. The van der Waals surface area contributed by atoms with E-state index in [9.17, 15) is 21.8 Å². The Bertz CT molecular complexity index is 453. The molecule has 1 N–H and O–H groups in total. The zero-order chi connectivity index (χ0) is 14.6. The number of benzene rings is 1. The van der Waals surface area contributed by atoms with Crippen molar-refractivity contribution in [1.82, 2.24) is 4.72 Å². The molecule has 0 saturated heterocycles. The van der Waals surface area contributed by atoms with E-state index in [4.69, 9.17) is 0 Å². The van der Waals surface area contributed by atoms with Gasteiger partial charge in [-0.1, -0.05) is 13.8 Å². The molecule has 0 radical (unpaired) electrons. The monoisotopic (exact) mass is 297 g/mol. The summed E-state index contributed by atoms with van der Waals surface area (Å²) < 4.78 is 66.0. The van der Waals surface area contributed by atoms with Gasteiger partial charge in [0.15, 0.2) is 0 Å². The molecule has 2 nitrogen and oxygen atoms in total. The van der Waals surface area contributed by atoms with Crippen molar-refractivity contribution in [2.45, 2.75) is 26.3 Å². The maximum absolute atomic E-state index is 13.5. The van der Waals surface area contributed by atoms with Gasteiger partial charge < -0.3 is 0 Å².